The number of anilines is 2. The van der Waals surface area contributed by atoms with E-state index in [1.807, 2.05) is 18.2 Å². The lowest BCUT2D eigenvalue weighted by molar-refractivity contribution is 0.129. The van der Waals surface area contributed by atoms with Gasteiger partial charge in [-0.25, -0.2) is 0 Å². The van der Waals surface area contributed by atoms with Gasteiger partial charge >= 0.3 is 0 Å². The smallest absolute Gasteiger partial charge is 0.298 e. The van der Waals surface area contributed by atoms with E-state index in [0.29, 0.717) is 0 Å². The number of fused-ring (bicyclic) bond motifs is 1. The molecule has 0 radical (unpaired) electrons. The zero-order chi connectivity index (χ0) is 13.7. The van der Waals surface area contributed by atoms with Gasteiger partial charge in [0, 0.05) is 30.9 Å². The average molecular weight is 272 g/mol. The first kappa shape index (κ1) is 12.0. The van der Waals surface area contributed by atoms with E-state index in [-0.39, 0.29) is 5.54 Å². The van der Waals surface area contributed by atoms with Crippen molar-refractivity contribution in [1.29, 1.82) is 0 Å². The number of hydrogen-bond donors (Lipinski definition) is 1. The number of aromatic nitrogens is 1. The highest BCUT2D eigenvalue weighted by molar-refractivity contribution is 5.78. The Bertz CT molecular complexity index is 642. The van der Waals surface area contributed by atoms with Crippen LogP contribution in [0.1, 0.15) is 19.3 Å². The predicted octanol–water partition coefficient (Wildman–Crippen LogP) is 2.08. The van der Waals surface area contributed by atoms with Crippen molar-refractivity contribution in [2.45, 2.75) is 24.8 Å². The number of nitrogens with zero attached hydrogens (tertiary/aromatic N) is 3. The van der Waals surface area contributed by atoms with Gasteiger partial charge in [-0.1, -0.05) is 0 Å². The van der Waals surface area contributed by atoms with E-state index in [4.69, 9.17) is 10.2 Å². The van der Waals surface area contributed by atoms with Gasteiger partial charge in [0.05, 0.1) is 0 Å². The van der Waals surface area contributed by atoms with Crippen LogP contribution in [0.2, 0.25) is 0 Å². The molecule has 2 aromatic rings. The summed E-state index contributed by atoms with van der Waals surface area (Å²) in [5, 5.41) is 0. The van der Waals surface area contributed by atoms with Crippen molar-refractivity contribution in [1.82, 2.24) is 9.88 Å². The lowest BCUT2D eigenvalue weighted by atomic mass is 9.77. The number of oxazole rings is 1. The molecule has 1 aromatic carbocycles. The molecule has 2 N–H and O–H groups in total. The van der Waals surface area contributed by atoms with Crippen molar-refractivity contribution in [3.63, 3.8) is 0 Å². The molecule has 2 saturated heterocycles. The first-order valence-electron chi connectivity index (χ1n) is 7.29. The Kier molecular flexibility index (Phi) is 2.48. The fourth-order valence-electron chi connectivity index (χ4n) is 3.44. The van der Waals surface area contributed by atoms with Crippen molar-refractivity contribution < 1.29 is 4.42 Å². The van der Waals surface area contributed by atoms with Crippen LogP contribution in [-0.2, 0) is 0 Å². The fourth-order valence-corrected chi connectivity index (χ4v) is 3.44. The van der Waals surface area contributed by atoms with Gasteiger partial charge in [-0.15, -0.1) is 0 Å². The van der Waals surface area contributed by atoms with Crippen LogP contribution < -0.4 is 10.6 Å². The highest BCUT2D eigenvalue weighted by atomic mass is 16.4. The third-order valence-electron chi connectivity index (χ3n) is 4.92. The summed E-state index contributed by atoms with van der Waals surface area (Å²) in [6.45, 7) is 3.36. The summed E-state index contributed by atoms with van der Waals surface area (Å²) in [4.78, 5) is 9.38. The van der Waals surface area contributed by atoms with Gasteiger partial charge in [0.1, 0.15) is 5.52 Å². The number of hydrogen-bond acceptors (Lipinski definition) is 5. The molecule has 0 amide bonds. The molecule has 2 aliphatic heterocycles. The van der Waals surface area contributed by atoms with Crippen LogP contribution >= 0.6 is 0 Å². The van der Waals surface area contributed by atoms with Gasteiger partial charge in [0.25, 0.3) is 6.01 Å². The second-order valence-electron chi connectivity index (χ2n) is 6.15. The van der Waals surface area contributed by atoms with E-state index in [1.165, 1.54) is 19.3 Å². The van der Waals surface area contributed by atoms with Gasteiger partial charge in [-0.2, -0.15) is 4.98 Å². The summed E-state index contributed by atoms with van der Waals surface area (Å²) in [6, 6.07) is 6.41. The zero-order valence-electron chi connectivity index (χ0n) is 11.8. The normalized spacial score (nSPS) is 22.4. The molecular weight excluding hydrogens is 252 g/mol. The average Bonchev–Trinajstić information content (AvgIpc) is 2.80. The van der Waals surface area contributed by atoms with E-state index in [2.05, 4.69) is 21.8 Å². The molecule has 4 rings (SSSR count). The number of benzene rings is 1. The third kappa shape index (κ3) is 1.69. The quantitative estimate of drug-likeness (QED) is 0.805. The number of nitrogen functional groups attached to an aromatic ring is 1. The zero-order valence-corrected chi connectivity index (χ0v) is 11.8. The maximum absolute atomic E-state index is 5.93. The van der Waals surface area contributed by atoms with Crippen molar-refractivity contribution in [2.75, 3.05) is 37.3 Å². The summed E-state index contributed by atoms with van der Waals surface area (Å²) in [6.07, 6.45) is 3.65. The summed E-state index contributed by atoms with van der Waals surface area (Å²) in [7, 11) is 2.19. The van der Waals surface area contributed by atoms with Crippen molar-refractivity contribution >= 4 is 22.8 Å². The Morgan fingerprint density at radius 3 is 2.65 bits per heavy atom. The van der Waals surface area contributed by atoms with Crippen LogP contribution in [-0.4, -0.2) is 42.1 Å². The second kappa shape index (κ2) is 4.12. The topological polar surface area (TPSA) is 58.5 Å². The second-order valence-corrected chi connectivity index (χ2v) is 6.15. The van der Waals surface area contributed by atoms with Crippen LogP contribution in [0.25, 0.3) is 11.1 Å². The number of likely N-dealkylation sites (tertiary alicyclic amines) is 1. The van der Waals surface area contributed by atoms with Crippen LogP contribution in [0.4, 0.5) is 11.7 Å². The van der Waals surface area contributed by atoms with Crippen molar-refractivity contribution in [2.24, 2.45) is 0 Å². The van der Waals surface area contributed by atoms with Gasteiger partial charge in [0.15, 0.2) is 5.58 Å². The lowest BCUT2D eigenvalue weighted by Crippen LogP contribution is -2.64. The molecule has 2 aliphatic rings. The Balaban J connectivity index is 1.66. The van der Waals surface area contributed by atoms with Gasteiger partial charge in [-0.05, 0) is 44.5 Å². The number of rotatable bonds is 1. The van der Waals surface area contributed by atoms with Crippen LogP contribution in [0, 0.1) is 0 Å². The van der Waals surface area contributed by atoms with Crippen molar-refractivity contribution in [3.05, 3.63) is 18.2 Å². The molecule has 1 aromatic heterocycles. The summed E-state index contributed by atoms with van der Waals surface area (Å²) in [5.41, 5.74) is 8.49. The molecular formula is C15H20N4O. The van der Waals surface area contributed by atoms with E-state index in [1.54, 1.807) is 0 Å². The first-order chi connectivity index (χ1) is 9.66. The monoisotopic (exact) mass is 272 g/mol. The largest absolute Gasteiger partial charge is 0.423 e. The first-order valence-corrected chi connectivity index (χ1v) is 7.29. The van der Waals surface area contributed by atoms with Gasteiger partial charge in [0.2, 0.25) is 0 Å². The maximum atomic E-state index is 5.93. The minimum absolute atomic E-state index is 0.277. The van der Waals surface area contributed by atoms with E-state index < -0.39 is 0 Å². The van der Waals surface area contributed by atoms with Crippen LogP contribution in [0.3, 0.4) is 0 Å². The standard InChI is InChI=1S/C15H20N4O/c1-18-7-4-15(5-8-18)6-9-19(15)14-17-12-10-11(16)2-3-13(12)20-14/h2-3,10H,4-9,16H2,1H3. The summed E-state index contributed by atoms with van der Waals surface area (Å²) < 4.78 is 5.93. The van der Waals surface area contributed by atoms with Crippen molar-refractivity contribution in [3.8, 4) is 0 Å². The van der Waals surface area contributed by atoms with Gasteiger partial charge in [-0.3, -0.25) is 0 Å². The molecule has 3 heterocycles. The maximum Gasteiger partial charge on any atom is 0.298 e. The predicted molar refractivity (Wildman–Crippen MR) is 79.8 cm³/mol. The van der Waals surface area contributed by atoms with Crippen LogP contribution in [0.15, 0.2) is 22.6 Å². The molecule has 106 valence electrons. The minimum atomic E-state index is 0.277. The Labute approximate surface area is 118 Å². The minimum Gasteiger partial charge on any atom is -0.423 e. The van der Waals surface area contributed by atoms with E-state index in [0.717, 1.165) is 42.4 Å². The van der Waals surface area contributed by atoms with Gasteiger partial charge < -0.3 is 20.0 Å². The molecule has 20 heavy (non-hydrogen) atoms. The fraction of sp³-hybridized carbons (Fsp3) is 0.533. The SMILES string of the molecule is CN1CCC2(CC1)CCN2c1nc2cc(N)ccc2o1. The highest BCUT2D eigenvalue weighted by Crippen LogP contribution is 2.43. The Morgan fingerprint density at radius 1 is 1.20 bits per heavy atom. The molecule has 2 fully saturated rings. The summed E-state index contributed by atoms with van der Waals surface area (Å²) in [5.74, 6) is 0. The number of piperidine rings is 1. The highest BCUT2D eigenvalue weighted by Gasteiger charge is 2.48. The molecule has 0 unspecified atom stereocenters. The Hall–Kier alpha value is -1.75. The molecule has 5 nitrogen and oxygen atoms in total. The van der Waals surface area contributed by atoms with E-state index in [9.17, 15) is 0 Å². The molecule has 5 heteroatoms. The lowest BCUT2D eigenvalue weighted by Gasteiger charge is -2.55. The molecule has 1 spiro atoms. The molecule has 0 aliphatic carbocycles. The molecule has 0 saturated carbocycles. The van der Waals surface area contributed by atoms with Crippen LogP contribution in [0.5, 0.6) is 0 Å². The number of nitrogens with two attached hydrogens (primary N) is 1. The third-order valence-corrected chi connectivity index (χ3v) is 4.92. The molecule has 0 atom stereocenters. The summed E-state index contributed by atoms with van der Waals surface area (Å²) >= 11 is 0. The van der Waals surface area contributed by atoms with E-state index >= 15 is 0 Å². The molecule has 0 bridgehead atoms. The Morgan fingerprint density at radius 2 is 1.95 bits per heavy atom.